The number of ether oxygens (including phenoxy) is 2. The summed E-state index contributed by atoms with van der Waals surface area (Å²) in [6.07, 6.45) is -0.905. The number of nitrogen functional groups attached to an aromatic ring is 2. The zero-order valence-electron chi connectivity index (χ0n) is 25.1. The van der Waals surface area contributed by atoms with Crippen LogP contribution in [-0.2, 0) is 28.7 Å². The van der Waals surface area contributed by atoms with Gasteiger partial charge in [0, 0.05) is 22.9 Å². The van der Waals surface area contributed by atoms with E-state index in [9.17, 15) is 19.2 Å². The molecule has 0 saturated heterocycles. The SMILES string of the molecule is CCCCOC(=O)CC(C(=O)OC)[C@H](NC(=O)CC1CC(c2ccc(C(=N)N)cc2)=NO1)NC(=O)c1[nH]c2ccccc2c1N. The molecular formula is C31H37N7O7. The Morgan fingerprint density at radius 3 is 2.53 bits per heavy atom. The molecule has 0 fully saturated rings. The van der Waals surface area contributed by atoms with Crippen molar-refractivity contribution in [1.82, 2.24) is 15.6 Å². The molecule has 2 unspecified atom stereocenters. The lowest BCUT2D eigenvalue weighted by Crippen LogP contribution is -2.55. The van der Waals surface area contributed by atoms with Gasteiger partial charge in [0.05, 0.1) is 38.0 Å². The van der Waals surface area contributed by atoms with Crippen molar-refractivity contribution in [3.8, 4) is 0 Å². The van der Waals surface area contributed by atoms with Crippen molar-refractivity contribution >= 4 is 51.9 Å². The van der Waals surface area contributed by atoms with Gasteiger partial charge in [0.1, 0.15) is 29.7 Å². The third kappa shape index (κ3) is 8.16. The Morgan fingerprint density at radius 2 is 1.87 bits per heavy atom. The molecule has 1 aliphatic rings. The molecule has 1 aliphatic heterocycles. The molecule has 3 atom stereocenters. The fourth-order valence-electron chi connectivity index (χ4n) is 4.84. The number of oxime groups is 1. The molecule has 2 heterocycles. The lowest BCUT2D eigenvalue weighted by Gasteiger charge is -2.27. The number of carbonyl (C=O) groups excluding carboxylic acids is 4. The number of aromatic nitrogens is 1. The lowest BCUT2D eigenvalue weighted by atomic mass is 10.00. The zero-order valence-corrected chi connectivity index (χ0v) is 25.1. The number of nitrogens with two attached hydrogens (primary N) is 2. The van der Waals surface area contributed by atoms with Gasteiger partial charge in [-0.3, -0.25) is 24.6 Å². The molecule has 238 valence electrons. The Morgan fingerprint density at radius 1 is 1.13 bits per heavy atom. The number of nitrogens with one attached hydrogen (secondary N) is 4. The first-order valence-electron chi connectivity index (χ1n) is 14.5. The highest BCUT2D eigenvalue weighted by Gasteiger charge is 2.36. The van der Waals surface area contributed by atoms with Crippen molar-refractivity contribution in [2.75, 3.05) is 19.5 Å². The van der Waals surface area contributed by atoms with Crippen LogP contribution in [0.25, 0.3) is 10.9 Å². The molecule has 0 radical (unpaired) electrons. The van der Waals surface area contributed by atoms with Crippen LogP contribution >= 0.6 is 0 Å². The van der Waals surface area contributed by atoms with Gasteiger partial charge in [0.2, 0.25) is 5.91 Å². The maximum absolute atomic E-state index is 13.4. The zero-order chi connectivity index (χ0) is 32.5. The molecule has 0 aliphatic carbocycles. The number of H-pyrrole nitrogens is 1. The summed E-state index contributed by atoms with van der Waals surface area (Å²) in [7, 11) is 1.14. The van der Waals surface area contributed by atoms with E-state index in [2.05, 4.69) is 20.8 Å². The molecule has 2 aromatic carbocycles. The average molecular weight is 620 g/mol. The molecular weight excluding hydrogens is 582 g/mol. The predicted molar refractivity (Wildman–Crippen MR) is 166 cm³/mol. The number of esters is 2. The summed E-state index contributed by atoms with van der Waals surface area (Å²) < 4.78 is 10.2. The van der Waals surface area contributed by atoms with Crippen LogP contribution in [0, 0.1) is 11.3 Å². The van der Waals surface area contributed by atoms with Crippen molar-refractivity contribution in [3.63, 3.8) is 0 Å². The van der Waals surface area contributed by atoms with Gasteiger partial charge in [0.25, 0.3) is 5.91 Å². The van der Waals surface area contributed by atoms with E-state index in [1.54, 1.807) is 48.5 Å². The summed E-state index contributed by atoms with van der Waals surface area (Å²) in [4.78, 5) is 60.7. The van der Waals surface area contributed by atoms with E-state index < -0.39 is 48.4 Å². The largest absolute Gasteiger partial charge is 0.469 e. The molecule has 1 aromatic heterocycles. The Kier molecular flexibility index (Phi) is 10.7. The number of anilines is 1. The number of hydrogen-bond donors (Lipinski definition) is 6. The number of rotatable bonds is 14. The number of nitrogens with zero attached hydrogens (tertiary/aromatic N) is 1. The van der Waals surface area contributed by atoms with Gasteiger partial charge in [-0.2, -0.15) is 0 Å². The van der Waals surface area contributed by atoms with Crippen LogP contribution in [0.2, 0.25) is 0 Å². The normalized spacial score (nSPS) is 15.3. The first kappa shape index (κ1) is 32.5. The number of fused-ring (bicyclic) bond motifs is 1. The molecule has 45 heavy (non-hydrogen) atoms. The van der Waals surface area contributed by atoms with Crippen molar-refractivity contribution in [3.05, 3.63) is 65.4 Å². The minimum atomic E-state index is -1.37. The van der Waals surface area contributed by atoms with Gasteiger partial charge in [-0.1, -0.05) is 61.0 Å². The number of aromatic amines is 1. The van der Waals surface area contributed by atoms with Crippen molar-refractivity contribution < 1.29 is 33.5 Å². The minimum Gasteiger partial charge on any atom is -0.469 e. The number of methoxy groups -OCH3 is 1. The van der Waals surface area contributed by atoms with Gasteiger partial charge < -0.3 is 41.4 Å². The molecule has 0 saturated carbocycles. The van der Waals surface area contributed by atoms with Crippen LogP contribution in [0.3, 0.4) is 0 Å². The lowest BCUT2D eigenvalue weighted by molar-refractivity contribution is -0.155. The van der Waals surface area contributed by atoms with Crippen LogP contribution in [0.4, 0.5) is 5.69 Å². The minimum absolute atomic E-state index is 0.0255. The Labute approximate surface area is 259 Å². The van der Waals surface area contributed by atoms with E-state index in [4.69, 9.17) is 31.2 Å². The maximum atomic E-state index is 13.4. The summed E-state index contributed by atoms with van der Waals surface area (Å²) >= 11 is 0. The summed E-state index contributed by atoms with van der Waals surface area (Å²) in [6, 6.07) is 13.9. The van der Waals surface area contributed by atoms with Gasteiger partial charge in [-0.15, -0.1) is 0 Å². The van der Waals surface area contributed by atoms with Crippen LogP contribution in [0.1, 0.15) is 60.6 Å². The second-order valence-corrected chi connectivity index (χ2v) is 10.6. The highest BCUT2D eigenvalue weighted by molar-refractivity contribution is 6.07. The quantitative estimate of drug-likeness (QED) is 0.0511. The van der Waals surface area contributed by atoms with Crippen LogP contribution in [0.5, 0.6) is 0 Å². The highest BCUT2D eigenvalue weighted by atomic mass is 16.6. The number of para-hydroxylation sites is 1. The van der Waals surface area contributed by atoms with Gasteiger partial charge >= 0.3 is 11.9 Å². The molecule has 8 N–H and O–H groups in total. The van der Waals surface area contributed by atoms with Crippen molar-refractivity contribution in [2.45, 2.75) is 51.3 Å². The monoisotopic (exact) mass is 619 g/mol. The maximum Gasteiger partial charge on any atom is 0.313 e. The molecule has 14 heteroatoms. The average Bonchev–Trinajstić information content (AvgIpc) is 3.63. The van der Waals surface area contributed by atoms with Crippen molar-refractivity contribution in [2.24, 2.45) is 16.8 Å². The molecule has 14 nitrogen and oxygen atoms in total. The second kappa shape index (κ2) is 14.9. The third-order valence-corrected chi connectivity index (χ3v) is 7.31. The molecule has 4 rings (SSSR count). The first-order valence-corrected chi connectivity index (χ1v) is 14.5. The smallest absolute Gasteiger partial charge is 0.313 e. The molecule has 2 amide bonds. The van der Waals surface area contributed by atoms with Gasteiger partial charge in [0.15, 0.2) is 0 Å². The molecule has 0 spiro atoms. The van der Waals surface area contributed by atoms with E-state index in [-0.39, 0.29) is 30.2 Å². The molecule has 3 aromatic rings. The van der Waals surface area contributed by atoms with E-state index in [1.165, 1.54) is 0 Å². The fraction of sp³-hybridized carbons (Fsp3) is 0.355. The summed E-state index contributed by atoms with van der Waals surface area (Å²) in [5.74, 6) is -4.20. The number of hydrogen-bond acceptors (Lipinski definition) is 10. The fourth-order valence-corrected chi connectivity index (χ4v) is 4.84. The molecule has 0 bridgehead atoms. The summed E-state index contributed by atoms with van der Waals surface area (Å²) in [5, 5.41) is 17.6. The Bertz CT molecular complexity index is 1600. The standard InChI is InChI=1S/C31H37N7O7/c1-3-4-13-44-25(40)16-21(31(42)43-2)29(37-30(41)27-26(32)20-7-5-6-8-22(20)35-27)36-24(39)15-19-14-23(38-45-19)17-9-11-18(12-10-17)28(33)34/h5-12,19,21,29,35H,3-4,13-16,32H2,1-2H3,(H3,33,34)(H,36,39)(H,37,41)/t19?,21?,29-/m1/s1. The van der Waals surface area contributed by atoms with Gasteiger partial charge in [-0.05, 0) is 18.1 Å². The van der Waals surface area contributed by atoms with Crippen LogP contribution < -0.4 is 22.1 Å². The summed E-state index contributed by atoms with van der Waals surface area (Å²) in [5.41, 5.74) is 14.5. The first-order chi connectivity index (χ1) is 21.6. The topological polar surface area (TPSA) is 224 Å². The number of benzene rings is 2. The number of amides is 2. The second-order valence-electron chi connectivity index (χ2n) is 10.6. The van der Waals surface area contributed by atoms with E-state index in [0.717, 1.165) is 19.1 Å². The Hall–Kier alpha value is -5.40. The van der Waals surface area contributed by atoms with E-state index in [0.29, 0.717) is 35.0 Å². The number of carbonyl (C=O) groups is 4. The summed E-state index contributed by atoms with van der Waals surface area (Å²) in [6.45, 7) is 2.10. The number of amidine groups is 1. The number of unbranched alkanes of at least 4 members (excludes halogenated alkanes) is 1. The van der Waals surface area contributed by atoms with E-state index >= 15 is 0 Å². The van der Waals surface area contributed by atoms with Crippen LogP contribution in [0.15, 0.2) is 53.7 Å². The Balaban J connectivity index is 1.50. The predicted octanol–water partition coefficient (Wildman–Crippen LogP) is 2.31. The van der Waals surface area contributed by atoms with Crippen molar-refractivity contribution in [1.29, 1.82) is 5.41 Å². The third-order valence-electron chi connectivity index (χ3n) is 7.31. The van der Waals surface area contributed by atoms with Crippen LogP contribution in [-0.4, -0.2) is 66.3 Å². The van der Waals surface area contributed by atoms with Gasteiger partial charge in [-0.25, -0.2) is 0 Å². The van der Waals surface area contributed by atoms with E-state index in [1.807, 2.05) is 6.92 Å². The highest BCUT2D eigenvalue weighted by Crippen LogP contribution is 2.25.